The molecule has 1 aliphatic carbocycles. The van der Waals surface area contributed by atoms with E-state index in [1.165, 1.54) is 70.6 Å². The van der Waals surface area contributed by atoms with Gasteiger partial charge in [-0.05, 0) is 57.3 Å². The van der Waals surface area contributed by atoms with E-state index in [0.29, 0.717) is 25.7 Å². The molecule has 0 heterocycles. The number of carbonyl (C=O) groups excluding carboxylic acids is 1. The van der Waals surface area contributed by atoms with Gasteiger partial charge in [-0.15, -0.1) is 0 Å². The molecule has 1 fully saturated rings. The lowest BCUT2D eigenvalue weighted by atomic mass is 9.82. The number of unbranched alkanes of at least 4 members (excludes halogenated alkanes) is 10. The first kappa shape index (κ1) is 29.0. The molecule has 0 aromatic rings. The zero-order chi connectivity index (χ0) is 23.6. The Balaban J connectivity index is 2.24. The van der Waals surface area contributed by atoms with Gasteiger partial charge in [0, 0.05) is 0 Å². The largest absolute Gasteiger partial charge is 0.481 e. The summed E-state index contributed by atoms with van der Waals surface area (Å²) in [4.78, 5) is 23.9. The van der Waals surface area contributed by atoms with Crippen LogP contribution >= 0.6 is 0 Å². The van der Waals surface area contributed by atoms with E-state index >= 15 is 0 Å². The first-order valence-corrected chi connectivity index (χ1v) is 13.9. The average molecular weight is 453 g/mol. The Labute approximate surface area is 198 Å². The third kappa shape index (κ3) is 14.2. The third-order valence-corrected chi connectivity index (χ3v) is 7.13. The highest BCUT2D eigenvalue weighted by Gasteiger charge is 2.31. The zero-order valence-corrected chi connectivity index (χ0v) is 21.4. The molecule has 0 spiro atoms. The molecule has 0 amide bonds. The van der Waals surface area contributed by atoms with E-state index in [1.54, 1.807) is 0 Å². The minimum absolute atomic E-state index is 0.0487. The molecule has 1 rings (SSSR count). The molecule has 0 aromatic heterocycles. The molecule has 0 aromatic carbocycles. The molecule has 1 N–H and O–H groups in total. The van der Waals surface area contributed by atoms with Gasteiger partial charge in [0.05, 0.1) is 11.8 Å². The first-order valence-electron chi connectivity index (χ1n) is 13.9. The third-order valence-electron chi connectivity index (χ3n) is 7.13. The smallest absolute Gasteiger partial charge is 0.309 e. The Hall–Kier alpha value is -1.06. The fourth-order valence-corrected chi connectivity index (χ4v) is 4.88. The van der Waals surface area contributed by atoms with E-state index in [0.717, 1.165) is 31.6 Å². The number of hydrogen-bond donors (Lipinski definition) is 1. The van der Waals surface area contributed by atoms with Crippen LogP contribution in [-0.2, 0) is 14.3 Å². The lowest BCUT2D eigenvalue weighted by Gasteiger charge is -2.27. The molecule has 4 heteroatoms. The number of carbonyl (C=O) groups is 2. The van der Waals surface area contributed by atoms with Crippen molar-refractivity contribution in [1.82, 2.24) is 0 Å². The van der Waals surface area contributed by atoms with Crippen molar-refractivity contribution in [3.05, 3.63) is 0 Å². The summed E-state index contributed by atoms with van der Waals surface area (Å²) in [6, 6.07) is 0. The average Bonchev–Trinajstić information content (AvgIpc) is 2.77. The van der Waals surface area contributed by atoms with Crippen LogP contribution in [0.15, 0.2) is 0 Å². The van der Waals surface area contributed by atoms with Gasteiger partial charge in [0.25, 0.3) is 0 Å². The molecule has 0 aliphatic heterocycles. The van der Waals surface area contributed by atoms with Crippen LogP contribution < -0.4 is 0 Å². The van der Waals surface area contributed by atoms with E-state index < -0.39 is 5.97 Å². The standard InChI is InChI=1S/C28H52O4/c1-4-5-6-14-17-26(18-15-12-10-8-7-9-11-13-16-23(2)3)32-28(31)25-21-19-24(20-22-25)27(29)30/h23-26H,4-22H2,1-3H3,(H,29,30). The summed E-state index contributed by atoms with van der Waals surface area (Å²) in [7, 11) is 0. The predicted molar refractivity (Wildman–Crippen MR) is 133 cm³/mol. The second-order valence-corrected chi connectivity index (χ2v) is 10.6. The van der Waals surface area contributed by atoms with Crippen molar-refractivity contribution < 1.29 is 19.4 Å². The minimum Gasteiger partial charge on any atom is -0.481 e. The van der Waals surface area contributed by atoms with Crippen molar-refractivity contribution >= 4 is 11.9 Å². The summed E-state index contributed by atoms with van der Waals surface area (Å²) in [6.07, 6.45) is 21.2. The van der Waals surface area contributed by atoms with Crippen LogP contribution in [0.5, 0.6) is 0 Å². The number of ether oxygens (including phenoxy) is 1. The minimum atomic E-state index is -0.721. The van der Waals surface area contributed by atoms with Gasteiger partial charge in [-0.1, -0.05) is 91.4 Å². The second-order valence-electron chi connectivity index (χ2n) is 10.6. The molecule has 1 unspecified atom stereocenters. The van der Waals surface area contributed by atoms with Crippen LogP contribution in [0.25, 0.3) is 0 Å². The Kier molecular flexibility index (Phi) is 16.6. The first-order chi connectivity index (χ1) is 15.4. The summed E-state index contributed by atoms with van der Waals surface area (Å²) in [5.74, 6) is -0.339. The Morgan fingerprint density at radius 1 is 0.719 bits per heavy atom. The fraction of sp³-hybridized carbons (Fsp3) is 0.929. The lowest BCUT2D eigenvalue weighted by molar-refractivity contribution is -0.158. The SMILES string of the molecule is CCCCCCC(CCCCCCCCCCC(C)C)OC(=O)C1CCC(C(=O)O)CC1. The maximum atomic E-state index is 12.7. The normalized spacial score (nSPS) is 19.8. The maximum Gasteiger partial charge on any atom is 0.309 e. The van der Waals surface area contributed by atoms with Gasteiger partial charge >= 0.3 is 11.9 Å². The van der Waals surface area contributed by atoms with Crippen LogP contribution in [0.4, 0.5) is 0 Å². The molecule has 32 heavy (non-hydrogen) atoms. The molecule has 0 bridgehead atoms. The van der Waals surface area contributed by atoms with Crippen LogP contribution in [0, 0.1) is 17.8 Å². The zero-order valence-electron chi connectivity index (χ0n) is 21.4. The van der Waals surface area contributed by atoms with E-state index in [4.69, 9.17) is 9.84 Å². The van der Waals surface area contributed by atoms with Crippen LogP contribution in [-0.4, -0.2) is 23.1 Å². The van der Waals surface area contributed by atoms with Gasteiger partial charge in [-0.2, -0.15) is 0 Å². The van der Waals surface area contributed by atoms with Gasteiger partial charge in [-0.3, -0.25) is 9.59 Å². The summed E-state index contributed by atoms with van der Waals surface area (Å²) in [5, 5.41) is 9.17. The topological polar surface area (TPSA) is 63.6 Å². The predicted octanol–water partition coefficient (Wildman–Crippen LogP) is 8.32. The highest BCUT2D eigenvalue weighted by atomic mass is 16.5. The molecule has 188 valence electrons. The van der Waals surface area contributed by atoms with E-state index in [2.05, 4.69) is 20.8 Å². The number of carboxylic acids is 1. The van der Waals surface area contributed by atoms with Crippen LogP contribution in [0.3, 0.4) is 0 Å². The molecule has 1 atom stereocenters. The van der Waals surface area contributed by atoms with E-state index in [-0.39, 0.29) is 23.9 Å². The second kappa shape index (κ2) is 18.4. The number of hydrogen-bond acceptors (Lipinski definition) is 3. The quantitative estimate of drug-likeness (QED) is 0.158. The summed E-state index contributed by atoms with van der Waals surface area (Å²) in [6.45, 7) is 6.83. The molecule has 0 radical (unpaired) electrons. The van der Waals surface area contributed by atoms with Gasteiger partial charge in [0.15, 0.2) is 0 Å². The van der Waals surface area contributed by atoms with Crippen LogP contribution in [0.1, 0.15) is 143 Å². The number of esters is 1. The molecular weight excluding hydrogens is 400 g/mol. The Morgan fingerprint density at radius 2 is 1.16 bits per heavy atom. The maximum absolute atomic E-state index is 12.7. The fourth-order valence-electron chi connectivity index (χ4n) is 4.88. The molecule has 0 saturated heterocycles. The summed E-state index contributed by atoms with van der Waals surface area (Å²) in [5.41, 5.74) is 0. The highest BCUT2D eigenvalue weighted by molar-refractivity contribution is 5.74. The molecule has 4 nitrogen and oxygen atoms in total. The van der Waals surface area contributed by atoms with Gasteiger partial charge in [0.2, 0.25) is 0 Å². The highest BCUT2D eigenvalue weighted by Crippen LogP contribution is 2.30. The van der Waals surface area contributed by atoms with Crippen molar-refractivity contribution in [1.29, 1.82) is 0 Å². The molecule has 1 aliphatic rings. The Bertz CT molecular complexity index is 480. The summed E-state index contributed by atoms with van der Waals surface area (Å²) >= 11 is 0. The van der Waals surface area contributed by atoms with Crippen molar-refractivity contribution in [2.24, 2.45) is 17.8 Å². The van der Waals surface area contributed by atoms with Crippen molar-refractivity contribution in [2.45, 2.75) is 149 Å². The lowest BCUT2D eigenvalue weighted by Crippen LogP contribution is -2.29. The van der Waals surface area contributed by atoms with Crippen LogP contribution in [0.2, 0.25) is 0 Å². The summed E-state index contributed by atoms with van der Waals surface area (Å²) < 4.78 is 5.97. The van der Waals surface area contributed by atoms with E-state index in [9.17, 15) is 9.59 Å². The number of carboxylic acid groups (broad SMARTS) is 1. The Morgan fingerprint density at radius 3 is 1.62 bits per heavy atom. The molecule has 1 saturated carbocycles. The van der Waals surface area contributed by atoms with Crippen molar-refractivity contribution in [3.8, 4) is 0 Å². The monoisotopic (exact) mass is 452 g/mol. The number of rotatable bonds is 19. The van der Waals surface area contributed by atoms with Gasteiger partial charge < -0.3 is 9.84 Å². The number of aliphatic carboxylic acids is 1. The van der Waals surface area contributed by atoms with E-state index in [1.807, 2.05) is 0 Å². The van der Waals surface area contributed by atoms with Gasteiger partial charge in [0.1, 0.15) is 6.10 Å². The van der Waals surface area contributed by atoms with Crippen molar-refractivity contribution in [2.75, 3.05) is 0 Å². The van der Waals surface area contributed by atoms with Crippen molar-refractivity contribution in [3.63, 3.8) is 0 Å². The van der Waals surface area contributed by atoms with Gasteiger partial charge in [-0.25, -0.2) is 0 Å². The molecular formula is C28H52O4.